The maximum Gasteiger partial charge on any atom is 0.0353 e. The van der Waals surface area contributed by atoms with Crippen molar-refractivity contribution in [3.8, 4) is 0 Å². The maximum absolute atomic E-state index is 7.20. The molecule has 1 rings (SSSR count). The van der Waals surface area contributed by atoms with E-state index in [-0.39, 0.29) is 6.40 Å². The highest BCUT2D eigenvalue weighted by atomic mass is 13.8. The van der Waals surface area contributed by atoms with Gasteiger partial charge in [-0.2, -0.15) is 0 Å². The standard InChI is InChI=1S/C7H8/c1-2-4-6-7-5-3-1/h1-6H,7H2/i7D. The van der Waals surface area contributed by atoms with Gasteiger partial charge < -0.3 is 0 Å². The van der Waals surface area contributed by atoms with Crippen LogP contribution in [0.15, 0.2) is 36.5 Å². The van der Waals surface area contributed by atoms with Gasteiger partial charge in [0.1, 0.15) is 0 Å². The molecule has 7 heavy (non-hydrogen) atoms. The Bertz CT molecular complexity index is 126. The van der Waals surface area contributed by atoms with Crippen molar-refractivity contribution >= 4 is 0 Å². The lowest BCUT2D eigenvalue weighted by Crippen LogP contribution is -1.48. The van der Waals surface area contributed by atoms with Gasteiger partial charge in [0.15, 0.2) is 0 Å². The van der Waals surface area contributed by atoms with Crippen LogP contribution >= 0.6 is 0 Å². The number of allylic oxidation sites excluding steroid dienone is 6. The van der Waals surface area contributed by atoms with Gasteiger partial charge in [0.25, 0.3) is 0 Å². The molecule has 0 N–H and O–H groups in total. The summed E-state index contributed by atoms with van der Waals surface area (Å²) in [5, 5.41) is 0. The quantitative estimate of drug-likeness (QED) is 0.430. The van der Waals surface area contributed by atoms with E-state index in [1.165, 1.54) is 0 Å². The van der Waals surface area contributed by atoms with E-state index in [0.717, 1.165) is 0 Å². The largest absolute Gasteiger partial charge is 0.0807 e. The Morgan fingerprint density at radius 1 is 1.00 bits per heavy atom. The van der Waals surface area contributed by atoms with E-state index in [9.17, 15) is 0 Å². The minimum Gasteiger partial charge on any atom is -0.0807 e. The van der Waals surface area contributed by atoms with Gasteiger partial charge in [-0.1, -0.05) is 36.5 Å². The molecule has 0 atom stereocenters. The molecule has 1 aliphatic carbocycles. The van der Waals surface area contributed by atoms with Crippen molar-refractivity contribution in [2.24, 2.45) is 0 Å². The van der Waals surface area contributed by atoms with Gasteiger partial charge in [0.05, 0.1) is 0 Å². The summed E-state index contributed by atoms with van der Waals surface area (Å²) in [6, 6.07) is 0. The Hall–Kier alpha value is -0.780. The van der Waals surface area contributed by atoms with Gasteiger partial charge in [-0.15, -0.1) is 0 Å². The zero-order chi connectivity index (χ0) is 5.82. The Kier molecular flexibility index (Phi) is 1.12. The van der Waals surface area contributed by atoms with Crippen LogP contribution < -0.4 is 0 Å². The molecule has 0 bridgehead atoms. The van der Waals surface area contributed by atoms with Crippen LogP contribution in [0.1, 0.15) is 7.77 Å². The van der Waals surface area contributed by atoms with E-state index >= 15 is 0 Å². The molecule has 0 amide bonds. The van der Waals surface area contributed by atoms with E-state index in [4.69, 9.17) is 1.37 Å². The smallest absolute Gasteiger partial charge is 0.0353 e. The topological polar surface area (TPSA) is 0 Å². The average Bonchev–Trinajstić information content (AvgIpc) is 1.94. The second kappa shape index (κ2) is 2.40. The SMILES string of the molecule is [2H]C1C=CC=CC=C1. The first-order valence-corrected chi connectivity index (χ1v) is 2.33. The normalized spacial score (nSPS) is 22.0. The molecule has 0 aromatic rings. The molecule has 0 saturated heterocycles. The second-order valence-electron chi connectivity index (χ2n) is 1.35. The van der Waals surface area contributed by atoms with E-state index in [1.54, 1.807) is 0 Å². The lowest BCUT2D eigenvalue weighted by Gasteiger charge is -1.69. The van der Waals surface area contributed by atoms with Crippen LogP contribution in [0.2, 0.25) is 0 Å². The van der Waals surface area contributed by atoms with E-state index in [0.29, 0.717) is 0 Å². The van der Waals surface area contributed by atoms with Crippen molar-refractivity contribution in [2.75, 3.05) is 0 Å². The second-order valence-corrected chi connectivity index (χ2v) is 1.35. The van der Waals surface area contributed by atoms with Gasteiger partial charge in [-0.3, -0.25) is 0 Å². The fourth-order valence-corrected chi connectivity index (χ4v) is 0.449. The first-order chi connectivity index (χ1) is 3.89. The lowest BCUT2D eigenvalue weighted by molar-refractivity contribution is 1.41. The molecule has 0 spiro atoms. The van der Waals surface area contributed by atoms with Crippen LogP contribution in [-0.2, 0) is 0 Å². The minimum absolute atomic E-state index is 0.148. The summed E-state index contributed by atoms with van der Waals surface area (Å²) in [7, 11) is 0. The zero-order valence-electron chi connectivity index (χ0n) is 5.04. The Morgan fingerprint density at radius 3 is 2.14 bits per heavy atom. The van der Waals surface area contributed by atoms with E-state index < -0.39 is 0 Å². The molecule has 0 heterocycles. The fourth-order valence-electron chi connectivity index (χ4n) is 0.449. The molecule has 0 nitrogen and oxygen atoms in total. The molecular formula is C7H8. The molecule has 0 radical (unpaired) electrons. The zero-order valence-corrected chi connectivity index (χ0v) is 4.04. The van der Waals surface area contributed by atoms with Crippen molar-refractivity contribution < 1.29 is 1.37 Å². The van der Waals surface area contributed by atoms with Gasteiger partial charge >= 0.3 is 0 Å². The van der Waals surface area contributed by atoms with E-state index in [2.05, 4.69) is 0 Å². The predicted octanol–water partition coefficient (Wildman–Crippen LogP) is 2.06. The summed E-state index contributed by atoms with van der Waals surface area (Å²) >= 11 is 0. The summed E-state index contributed by atoms with van der Waals surface area (Å²) in [4.78, 5) is 0. The highest BCUT2D eigenvalue weighted by molar-refractivity contribution is 5.16. The Morgan fingerprint density at radius 2 is 1.57 bits per heavy atom. The number of hydrogen-bond acceptors (Lipinski definition) is 0. The summed E-state index contributed by atoms with van der Waals surface area (Å²) in [5.41, 5.74) is 0. The van der Waals surface area contributed by atoms with Gasteiger partial charge in [0.2, 0.25) is 0 Å². The van der Waals surface area contributed by atoms with Crippen LogP contribution in [0.3, 0.4) is 0 Å². The van der Waals surface area contributed by atoms with E-state index in [1.807, 2.05) is 36.5 Å². The van der Waals surface area contributed by atoms with Crippen LogP contribution in [0.5, 0.6) is 0 Å². The van der Waals surface area contributed by atoms with Crippen LogP contribution in [-0.4, -0.2) is 0 Å². The molecule has 0 aromatic carbocycles. The minimum atomic E-state index is -0.148. The molecule has 0 unspecified atom stereocenters. The van der Waals surface area contributed by atoms with Crippen LogP contribution in [0, 0.1) is 0 Å². The molecule has 0 aliphatic heterocycles. The fraction of sp³-hybridized carbons (Fsp3) is 0.143. The molecule has 0 saturated carbocycles. The van der Waals surface area contributed by atoms with Crippen molar-refractivity contribution in [2.45, 2.75) is 6.40 Å². The Balaban J connectivity index is 2.66. The summed E-state index contributed by atoms with van der Waals surface area (Å²) in [5.74, 6) is 0. The summed E-state index contributed by atoms with van der Waals surface area (Å²) < 4.78 is 7.20. The third-order valence-corrected chi connectivity index (χ3v) is 0.778. The maximum atomic E-state index is 7.20. The third kappa shape index (κ3) is 1.40. The molecular weight excluding hydrogens is 84.1 g/mol. The number of rotatable bonds is 0. The van der Waals surface area contributed by atoms with Crippen LogP contribution in [0.25, 0.3) is 0 Å². The molecule has 36 valence electrons. The van der Waals surface area contributed by atoms with Gasteiger partial charge in [0, 0.05) is 1.37 Å². The van der Waals surface area contributed by atoms with Gasteiger partial charge in [-0.25, -0.2) is 0 Å². The monoisotopic (exact) mass is 93.1 g/mol. The number of hydrogen-bond donors (Lipinski definition) is 0. The molecule has 0 aromatic heterocycles. The highest BCUT2D eigenvalue weighted by Crippen LogP contribution is 1.91. The van der Waals surface area contributed by atoms with Gasteiger partial charge in [-0.05, 0) is 6.40 Å². The predicted molar refractivity (Wildman–Crippen MR) is 32.0 cm³/mol. The summed E-state index contributed by atoms with van der Waals surface area (Å²) in [6.07, 6.45) is 11.1. The molecule has 0 fully saturated rings. The Labute approximate surface area is 45.3 Å². The van der Waals surface area contributed by atoms with Crippen molar-refractivity contribution in [3.05, 3.63) is 36.5 Å². The third-order valence-electron chi connectivity index (χ3n) is 0.778. The van der Waals surface area contributed by atoms with Crippen molar-refractivity contribution in [1.29, 1.82) is 0 Å². The van der Waals surface area contributed by atoms with Crippen molar-refractivity contribution in [3.63, 3.8) is 0 Å². The van der Waals surface area contributed by atoms with Crippen molar-refractivity contribution in [1.82, 2.24) is 0 Å². The summed E-state index contributed by atoms with van der Waals surface area (Å²) in [6.45, 7) is 0. The molecule has 0 heteroatoms. The highest BCUT2D eigenvalue weighted by Gasteiger charge is 1.70. The molecule has 1 aliphatic rings. The lowest BCUT2D eigenvalue weighted by atomic mass is 10.4. The average molecular weight is 93.1 g/mol. The first-order valence-electron chi connectivity index (χ1n) is 2.91. The van der Waals surface area contributed by atoms with Crippen LogP contribution in [0.4, 0.5) is 0 Å². The first kappa shape index (κ1) is 3.25.